The average Bonchev–Trinajstić information content (AvgIpc) is 2.69. The number of nitrogens with zero attached hydrogens (tertiary/aromatic N) is 2. The van der Waals surface area contributed by atoms with Crippen LogP contribution in [0.25, 0.3) is 0 Å². The summed E-state index contributed by atoms with van der Waals surface area (Å²) in [6, 6.07) is 10.3. The minimum absolute atomic E-state index is 0.00915. The SMILES string of the molecule is NC(=O)c1cnc(NC/C=C/CNC(=O)OCc2ccccc2)c([N+](=O)[O-])c1. The van der Waals surface area contributed by atoms with E-state index in [1.165, 1.54) is 0 Å². The number of amides is 2. The number of primary amides is 1. The van der Waals surface area contributed by atoms with Crippen molar-refractivity contribution >= 4 is 23.5 Å². The molecule has 0 aliphatic heterocycles. The van der Waals surface area contributed by atoms with E-state index in [1.807, 2.05) is 30.3 Å². The van der Waals surface area contributed by atoms with Gasteiger partial charge in [-0.15, -0.1) is 0 Å². The summed E-state index contributed by atoms with van der Waals surface area (Å²) in [6.45, 7) is 0.629. The van der Waals surface area contributed by atoms with E-state index >= 15 is 0 Å². The Morgan fingerprint density at radius 1 is 1.21 bits per heavy atom. The minimum atomic E-state index is -0.799. The van der Waals surface area contributed by atoms with Crippen LogP contribution < -0.4 is 16.4 Å². The largest absolute Gasteiger partial charge is 0.445 e. The first-order valence-corrected chi connectivity index (χ1v) is 8.25. The van der Waals surface area contributed by atoms with Crippen LogP contribution in [0.5, 0.6) is 0 Å². The molecule has 0 atom stereocenters. The summed E-state index contributed by atoms with van der Waals surface area (Å²) in [5.74, 6) is -0.790. The molecule has 0 unspecified atom stereocenters. The second-order valence-electron chi connectivity index (χ2n) is 5.51. The van der Waals surface area contributed by atoms with Crippen LogP contribution in [-0.4, -0.2) is 35.0 Å². The second-order valence-corrected chi connectivity index (χ2v) is 5.51. The number of pyridine rings is 1. The Hall–Kier alpha value is -3.95. The molecule has 28 heavy (non-hydrogen) atoms. The highest BCUT2D eigenvalue weighted by Gasteiger charge is 2.17. The number of nitrogens with one attached hydrogen (secondary N) is 2. The topological polar surface area (TPSA) is 149 Å². The van der Waals surface area contributed by atoms with Crippen LogP contribution in [0.1, 0.15) is 15.9 Å². The number of nitro groups is 1. The zero-order valence-electron chi connectivity index (χ0n) is 14.8. The third-order valence-electron chi connectivity index (χ3n) is 3.48. The van der Waals surface area contributed by atoms with Crippen molar-refractivity contribution in [1.82, 2.24) is 10.3 Å². The maximum Gasteiger partial charge on any atom is 0.407 e. The molecule has 2 aromatic rings. The van der Waals surface area contributed by atoms with Crippen LogP contribution in [0.3, 0.4) is 0 Å². The van der Waals surface area contributed by atoms with Gasteiger partial charge in [-0.25, -0.2) is 9.78 Å². The summed E-state index contributed by atoms with van der Waals surface area (Å²) < 4.78 is 5.05. The number of carbonyl (C=O) groups is 2. The van der Waals surface area contributed by atoms with Crippen molar-refractivity contribution < 1.29 is 19.2 Å². The number of anilines is 1. The lowest BCUT2D eigenvalue weighted by atomic mass is 10.2. The molecule has 0 radical (unpaired) electrons. The van der Waals surface area contributed by atoms with Crippen molar-refractivity contribution in [2.24, 2.45) is 5.73 Å². The third kappa shape index (κ3) is 6.41. The number of alkyl carbamates (subject to hydrolysis) is 1. The van der Waals surface area contributed by atoms with Crippen LogP contribution in [0.2, 0.25) is 0 Å². The molecule has 10 nitrogen and oxygen atoms in total. The maximum absolute atomic E-state index is 11.6. The fourth-order valence-corrected chi connectivity index (χ4v) is 2.10. The summed E-state index contributed by atoms with van der Waals surface area (Å²) in [7, 11) is 0. The average molecular weight is 385 g/mol. The number of benzene rings is 1. The first-order chi connectivity index (χ1) is 13.5. The molecule has 10 heteroatoms. The van der Waals surface area contributed by atoms with Crippen molar-refractivity contribution in [1.29, 1.82) is 0 Å². The van der Waals surface area contributed by atoms with Gasteiger partial charge in [0.2, 0.25) is 5.82 Å². The summed E-state index contributed by atoms with van der Waals surface area (Å²) in [5, 5.41) is 16.4. The van der Waals surface area contributed by atoms with Crippen molar-refractivity contribution in [3.05, 3.63) is 76.0 Å². The molecule has 0 spiro atoms. The smallest absolute Gasteiger partial charge is 0.407 e. The lowest BCUT2D eigenvalue weighted by molar-refractivity contribution is -0.384. The zero-order valence-corrected chi connectivity index (χ0v) is 14.8. The minimum Gasteiger partial charge on any atom is -0.445 e. The van der Waals surface area contributed by atoms with Crippen molar-refractivity contribution in [2.45, 2.75) is 6.61 Å². The highest BCUT2D eigenvalue weighted by Crippen LogP contribution is 2.22. The fraction of sp³-hybridized carbons (Fsp3) is 0.167. The number of aromatic nitrogens is 1. The molecule has 4 N–H and O–H groups in total. The van der Waals surface area contributed by atoms with Gasteiger partial charge >= 0.3 is 11.8 Å². The Morgan fingerprint density at radius 3 is 2.61 bits per heavy atom. The van der Waals surface area contributed by atoms with E-state index in [0.29, 0.717) is 0 Å². The maximum atomic E-state index is 11.6. The van der Waals surface area contributed by atoms with Gasteiger partial charge < -0.3 is 21.1 Å². The lowest BCUT2D eigenvalue weighted by Gasteiger charge is -2.06. The molecule has 2 amide bonds. The number of nitrogens with two attached hydrogens (primary N) is 1. The molecule has 0 bridgehead atoms. The number of ether oxygens (including phenoxy) is 1. The third-order valence-corrected chi connectivity index (χ3v) is 3.48. The Labute approximate surface area is 160 Å². The van der Waals surface area contributed by atoms with E-state index in [2.05, 4.69) is 15.6 Å². The van der Waals surface area contributed by atoms with Crippen molar-refractivity contribution in [3.63, 3.8) is 0 Å². The molecular formula is C18H19N5O5. The van der Waals surface area contributed by atoms with Crippen molar-refractivity contribution in [2.75, 3.05) is 18.4 Å². The second kappa shape index (κ2) is 10.3. The molecule has 0 saturated carbocycles. The van der Waals surface area contributed by atoms with E-state index in [1.54, 1.807) is 12.2 Å². The molecular weight excluding hydrogens is 366 g/mol. The summed E-state index contributed by atoms with van der Waals surface area (Å²) in [5.41, 5.74) is 5.57. The molecule has 146 valence electrons. The molecule has 0 fully saturated rings. The lowest BCUT2D eigenvalue weighted by Crippen LogP contribution is -2.24. The molecule has 1 heterocycles. The predicted octanol–water partition coefficient (Wildman–Crippen LogP) is 1.98. The van der Waals surface area contributed by atoms with E-state index in [-0.39, 0.29) is 36.8 Å². The standard InChI is InChI=1S/C18H19N5O5/c19-16(24)14-10-15(23(26)27)17(22-11-14)20-8-4-5-9-21-18(25)28-12-13-6-2-1-3-7-13/h1-7,10-11H,8-9,12H2,(H2,19,24)(H,20,22)(H,21,25)/b5-4+. The number of rotatable bonds is 9. The van der Waals surface area contributed by atoms with Gasteiger partial charge in [-0.3, -0.25) is 14.9 Å². The van der Waals surface area contributed by atoms with Crippen LogP contribution in [-0.2, 0) is 11.3 Å². The molecule has 1 aromatic carbocycles. The van der Waals surface area contributed by atoms with Gasteiger partial charge in [0, 0.05) is 25.4 Å². The van der Waals surface area contributed by atoms with E-state index < -0.39 is 16.9 Å². The summed E-state index contributed by atoms with van der Waals surface area (Å²) in [4.78, 5) is 36.9. The Morgan fingerprint density at radius 2 is 1.93 bits per heavy atom. The molecule has 2 rings (SSSR count). The van der Waals surface area contributed by atoms with E-state index in [0.717, 1.165) is 17.8 Å². The Kier molecular flexibility index (Phi) is 7.46. The van der Waals surface area contributed by atoms with Gasteiger partial charge in [-0.1, -0.05) is 42.5 Å². The van der Waals surface area contributed by atoms with Gasteiger partial charge in [-0.2, -0.15) is 0 Å². The first kappa shape index (κ1) is 20.4. The summed E-state index contributed by atoms with van der Waals surface area (Å²) in [6.07, 6.45) is 3.91. The number of hydrogen-bond donors (Lipinski definition) is 3. The molecule has 1 aromatic heterocycles. The van der Waals surface area contributed by atoms with Gasteiger partial charge in [0.25, 0.3) is 5.91 Å². The normalized spacial score (nSPS) is 10.4. The van der Waals surface area contributed by atoms with Gasteiger partial charge in [0.15, 0.2) is 0 Å². The Bertz CT molecular complexity index is 870. The Balaban J connectivity index is 1.74. The predicted molar refractivity (Wildman–Crippen MR) is 102 cm³/mol. The quantitative estimate of drug-likeness (QED) is 0.339. The fourth-order valence-electron chi connectivity index (χ4n) is 2.10. The molecule has 0 saturated heterocycles. The number of carbonyl (C=O) groups excluding carboxylic acids is 2. The van der Waals surface area contributed by atoms with Crippen LogP contribution >= 0.6 is 0 Å². The van der Waals surface area contributed by atoms with E-state index in [9.17, 15) is 19.7 Å². The van der Waals surface area contributed by atoms with Crippen molar-refractivity contribution in [3.8, 4) is 0 Å². The van der Waals surface area contributed by atoms with Gasteiger partial charge in [-0.05, 0) is 5.56 Å². The highest BCUT2D eigenvalue weighted by atomic mass is 16.6. The van der Waals surface area contributed by atoms with Crippen LogP contribution in [0.4, 0.5) is 16.3 Å². The van der Waals surface area contributed by atoms with Gasteiger partial charge in [0.05, 0.1) is 10.5 Å². The van der Waals surface area contributed by atoms with Crippen LogP contribution in [0.15, 0.2) is 54.7 Å². The van der Waals surface area contributed by atoms with Crippen LogP contribution in [0, 0.1) is 10.1 Å². The first-order valence-electron chi connectivity index (χ1n) is 8.25. The van der Waals surface area contributed by atoms with E-state index in [4.69, 9.17) is 10.5 Å². The monoisotopic (exact) mass is 385 g/mol. The zero-order chi connectivity index (χ0) is 20.4. The highest BCUT2D eigenvalue weighted by molar-refractivity contribution is 5.93. The summed E-state index contributed by atoms with van der Waals surface area (Å²) >= 11 is 0. The number of hydrogen-bond acceptors (Lipinski definition) is 7. The molecule has 0 aliphatic carbocycles. The van der Waals surface area contributed by atoms with Gasteiger partial charge in [0.1, 0.15) is 6.61 Å². The molecule has 0 aliphatic rings.